The smallest absolute Gasteiger partial charge is 0.303 e. The lowest BCUT2D eigenvalue weighted by Crippen LogP contribution is -1.95. The second-order valence-electron chi connectivity index (χ2n) is 6.13. The Morgan fingerprint density at radius 1 is 1.07 bits per heavy atom. The highest BCUT2D eigenvalue weighted by Gasteiger charge is 2.12. The number of aromatic nitrogens is 2. The van der Waals surface area contributed by atoms with Gasteiger partial charge in [0.2, 0.25) is 0 Å². The molecule has 7 heteroatoms. The number of hydrogen-bond donors (Lipinski definition) is 1. The van der Waals surface area contributed by atoms with Gasteiger partial charge in [-0.1, -0.05) is 35.9 Å². The molecule has 4 nitrogen and oxygen atoms in total. The number of halogens is 1. The average molecular weight is 427 g/mol. The van der Waals surface area contributed by atoms with Gasteiger partial charge in [-0.2, -0.15) is 0 Å². The third-order valence-electron chi connectivity index (χ3n) is 4.11. The van der Waals surface area contributed by atoms with E-state index in [1.165, 1.54) is 0 Å². The molecule has 1 N–H and O–H groups in total. The summed E-state index contributed by atoms with van der Waals surface area (Å²) in [5.41, 5.74) is 3.61. The number of nitrogens with zero attached hydrogens (tertiary/aromatic N) is 2. The zero-order valence-electron chi connectivity index (χ0n) is 14.6. The number of thiazole rings is 2. The molecule has 140 valence electrons. The molecule has 0 aliphatic rings. The first-order valence-corrected chi connectivity index (χ1v) is 10.7. The summed E-state index contributed by atoms with van der Waals surface area (Å²) in [6.07, 6.45) is 2.40. The molecule has 4 rings (SSSR count). The Morgan fingerprint density at radius 3 is 2.61 bits per heavy atom. The monoisotopic (exact) mass is 426 g/mol. The largest absolute Gasteiger partial charge is 0.481 e. The molecule has 0 radical (unpaired) electrons. The summed E-state index contributed by atoms with van der Waals surface area (Å²) in [7, 11) is 0. The lowest BCUT2D eigenvalue weighted by molar-refractivity contribution is -0.136. The molecule has 0 saturated carbocycles. The predicted octanol–water partition coefficient (Wildman–Crippen LogP) is 6.48. The van der Waals surface area contributed by atoms with Crippen molar-refractivity contribution in [2.24, 2.45) is 0 Å². The third-order valence-corrected chi connectivity index (χ3v) is 6.39. The number of carboxylic acids is 1. The lowest BCUT2D eigenvalue weighted by atomic mass is 10.1. The van der Waals surface area contributed by atoms with Gasteiger partial charge in [0.1, 0.15) is 10.0 Å². The molecule has 4 aromatic rings. The zero-order valence-corrected chi connectivity index (χ0v) is 17.0. The minimum atomic E-state index is -0.827. The van der Waals surface area contributed by atoms with Gasteiger partial charge in [0.15, 0.2) is 0 Å². The van der Waals surface area contributed by atoms with E-state index in [4.69, 9.17) is 16.7 Å². The molecular weight excluding hydrogens is 412 g/mol. The van der Waals surface area contributed by atoms with Crippen LogP contribution in [0.1, 0.15) is 23.5 Å². The maximum atomic E-state index is 11.1. The van der Waals surface area contributed by atoms with Gasteiger partial charge in [0.05, 0.1) is 15.9 Å². The van der Waals surface area contributed by atoms with Gasteiger partial charge in [-0.05, 0) is 42.3 Å². The lowest BCUT2D eigenvalue weighted by Gasteiger charge is -2.01. The first-order valence-electron chi connectivity index (χ1n) is 8.58. The standard InChI is InChI=1S/C21H15ClN2O2S2/c22-15-8-5-13(6-9-15)20-23-16(12-27-20)11-14(7-10-19(25)26)21-24-17-3-1-2-4-18(17)28-21/h1-6,8-9,11-12H,7,10H2,(H,25,26). The second kappa shape index (κ2) is 8.22. The molecule has 0 aliphatic carbocycles. The summed E-state index contributed by atoms with van der Waals surface area (Å²) in [6.45, 7) is 0. The second-order valence-corrected chi connectivity index (χ2v) is 8.46. The highest BCUT2D eigenvalue weighted by molar-refractivity contribution is 7.19. The Bertz CT molecular complexity index is 1130. The van der Waals surface area contributed by atoms with Crippen molar-refractivity contribution in [3.8, 4) is 10.6 Å². The number of para-hydroxylation sites is 1. The molecule has 0 aliphatic heterocycles. The number of rotatable bonds is 6. The summed E-state index contributed by atoms with van der Waals surface area (Å²) in [5.74, 6) is -0.827. The van der Waals surface area contributed by atoms with E-state index >= 15 is 0 Å². The first-order chi connectivity index (χ1) is 13.6. The number of benzene rings is 2. The fraction of sp³-hybridized carbons (Fsp3) is 0.0952. The summed E-state index contributed by atoms with van der Waals surface area (Å²) in [6, 6.07) is 15.5. The zero-order chi connectivity index (χ0) is 19.5. The van der Waals surface area contributed by atoms with Gasteiger partial charge in [-0.3, -0.25) is 4.79 Å². The number of fused-ring (bicyclic) bond motifs is 1. The first kappa shape index (κ1) is 18.8. The SMILES string of the molecule is O=C(O)CCC(=Cc1csc(-c2ccc(Cl)cc2)n1)c1nc2ccccc2s1. The van der Waals surface area contributed by atoms with E-state index in [0.29, 0.717) is 11.4 Å². The molecule has 2 heterocycles. The Balaban J connectivity index is 1.68. The van der Waals surface area contributed by atoms with Crippen molar-refractivity contribution < 1.29 is 9.90 Å². The van der Waals surface area contributed by atoms with Crippen LogP contribution in [0.3, 0.4) is 0 Å². The normalized spacial score (nSPS) is 11.8. The van der Waals surface area contributed by atoms with E-state index < -0.39 is 5.97 Å². The van der Waals surface area contributed by atoms with Gasteiger partial charge < -0.3 is 5.11 Å². The topological polar surface area (TPSA) is 63.1 Å². The van der Waals surface area contributed by atoms with E-state index in [1.54, 1.807) is 22.7 Å². The number of carbonyl (C=O) groups is 1. The van der Waals surface area contributed by atoms with Gasteiger partial charge in [-0.15, -0.1) is 22.7 Å². The van der Waals surface area contributed by atoms with Crippen LogP contribution in [0.4, 0.5) is 0 Å². The number of aliphatic carboxylic acids is 1. The molecule has 0 saturated heterocycles. The summed E-state index contributed by atoms with van der Waals surface area (Å²) in [5, 5.41) is 13.5. The Hall–Kier alpha value is -2.54. The summed E-state index contributed by atoms with van der Waals surface area (Å²) in [4.78, 5) is 20.5. The highest BCUT2D eigenvalue weighted by atomic mass is 35.5. The molecule has 0 bridgehead atoms. The number of hydrogen-bond acceptors (Lipinski definition) is 5. The fourth-order valence-electron chi connectivity index (χ4n) is 2.75. The minimum Gasteiger partial charge on any atom is -0.481 e. The van der Waals surface area contributed by atoms with Crippen LogP contribution < -0.4 is 0 Å². The maximum absolute atomic E-state index is 11.1. The molecule has 0 spiro atoms. The van der Waals surface area contributed by atoms with Crippen molar-refractivity contribution in [3.05, 3.63) is 69.6 Å². The van der Waals surface area contributed by atoms with Gasteiger partial charge >= 0.3 is 5.97 Å². The van der Waals surface area contributed by atoms with Crippen LogP contribution in [0.15, 0.2) is 53.9 Å². The molecule has 0 unspecified atom stereocenters. The summed E-state index contributed by atoms with van der Waals surface area (Å²) < 4.78 is 1.08. The van der Waals surface area contributed by atoms with Crippen molar-refractivity contribution in [2.75, 3.05) is 0 Å². The van der Waals surface area contributed by atoms with Crippen molar-refractivity contribution in [3.63, 3.8) is 0 Å². The number of allylic oxidation sites excluding steroid dienone is 1. The van der Waals surface area contributed by atoms with E-state index in [1.807, 2.05) is 60.0 Å². The van der Waals surface area contributed by atoms with Gasteiger partial charge in [0.25, 0.3) is 0 Å². The number of carboxylic acid groups (broad SMARTS) is 1. The van der Waals surface area contributed by atoms with E-state index in [2.05, 4.69) is 9.97 Å². The quantitative estimate of drug-likeness (QED) is 0.383. The molecule has 0 atom stereocenters. The van der Waals surface area contributed by atoms with Crippen LogP contribution in [-0.2, 0) is 4.79 Å². The molecule has 0 amide bonds. The van der Waals surface area contributed by atoms with E-state index in [0.717, 1.165) is 37.1 Å². The van der Waals surface area contributed by atoms with Gasteiger partial charge in [0, 0.05) is 22.4 Å². The molecule has 2 aromatic heterocycles. The van der Waals surface area contributed by atoms with Crippen LogP contribution in [-0.4, -0.2) is 21.0 Å². The highest BCUT2D eigenvalue weighted by Crippen LogP contribution is 2.32. The maximum Gasteiger partial charge on any atom is 0.303 e. The van der Waals surface area contributed by atoms with Crippen molar-refractivity contribution in [1.29, 1.82) is 0 Å². The minimum absolute atomic E-state index is 0.0515. The fourth-order valence-corrected chi connectivity index (χ4v) is 4.67. The van der Waals surface area contributed by atoms with Crippen LogP contribution >= 0.6 is 34.3 Å². The molecule has 0 fully saturated rings. The van der Waals surface area contributed by atoms with Crippen LogP contribution in [0.25, 0.3) is 32.4 Å². The predicted molar refractivity (Wildman–Crippen MR) is 117 cm³/mol. The van der Waals surface area contributed by atoms with Crippen LogP contribution in [0, 0.1) is 0 Å². The average Bonchev–Trinajstić information content (AvgIpc) is 3.32. The Morgan fingerprint density at radius 2 is 1.86 bits per heavy atom. The Labute approximate surface area is 174 Å². The third kappa shape index (κ3) is 4.30. The Kier molecular flexibility index (Phi) is 5.52. The van der Waals surface area contributed by atoms with E-state index in [9.17, 15) is 4.79 Å². The van der Waals surface area contributed by atoms with Crippen LogP contribution in [0.2, 0.25) is 5.02 Å². The van der Waals surface area contributed by atoms with E-state index in [-0.39, 0.29) is 6.42 Å². The van der Waals surface area contributed by atoms with Crippen molar-refractivity contribution >= 4 is 62.1 Å². The van der Waals surface area contributed by atoms with Crippen molar-refractivity contribution in [1.82, 2.24) is 9.97 Å². The van der Waals surface area contributed by atoms with Gasteiger partial charge in [-0.25, -0.2) is 9.97 Å². The molecule has 28 heavy (non-hydrogen) atoms. The van der Waals surface area contributed by atoms with Crippen LogP contribution in [0.5, 0.6) is 0 Å². The van der Waals surface area contributed by atoms with Crippen molar-refractivity contribution in [2.45, 2.75) is 12.8 Å². The summed E-state index contributed by atoms with van der Waals surface area (Å²) >= 11 is 9.07. The molecular formula is C21H15ClN2O2S2. The molecule has 2 aromatic carbocycles.